The summed E-state index contributed by atoms with van der Waals surface area (Å²) >= 11 is 2.84. The highest BCUT2D eigenvalue weighted by Gasteiger charge is 2.10. The molecule has 0 spiro atoms. The Bertz CT molecular complexity index is 473. The molecule has 0 unspecified atom stereocenters. The molecule has 0 saturated carbocycles. The molecule has 0 bridgehead atoms. The first-order valence-corrected chi connectivity index (χ1v) is 4.11. The van der Waals surface area contributed by atoms with Crippen molar-refractivity contribution in [2.24, 2.45) is 7.05 Å². The Balaban J connectivity index is 3.70. The van der Waals surface area contributed by atoms with Crippen molar-refractivity contribution >= 4 is 21.8 Å². The number of hydrogen-bond acceptors (Lipinski definition) is 4. The van der Waals surface area contributed by atoms with E-state index in [0.717, 1.165) is 4.57 Å². The lowest BCUT2D eigenvalue weighted by Gasteiger charge is -2.01. The largest absolute Gasteiger partial charge is 0.354 e. The molecule has 0 aromatic carbocycles. The topological polar surface area (TPSA) is 74.0 Å². The smallest absolute Gasteiger partial charge is 0.273 e. The first-order chi connectivity index (χ1) is 5.95. The zero-order chi connectivity index (χ0) is 10.2. The molecule has 0 aliphatic rings. The number of halogens is 1. The number of carbonyl (C=O) groups is 1. The molecular formula is C6H6BrN3O3. The molecule has 0 aliphatic carbocycles. The predicted molar refractivity (Wildman–Crippen MR) is 47.7 cm³/mol. The van der Waals surface area contributed by atoms with E-state index in [4.69, 9.17) is 0 Å². The van der Waals surface area contributed by atoms with Crippen molar-refractivity contribution < 1.29 is 4.79 Å². The van der Waals surface area contributed by atoms with Crippen LogP contribution in [0.1, 0.15) is 11.7 Å². The van der Waals surface area contributed by atoms with Crippen LogP contribution in [0.4, 0.5) is 0 Å². The molecule has 1 aromatic heterocycles. The van der Waals surface area contributed by atoms with Crippen molar-refractivity contribution in [1.82, 2.24) is 14.3 Å². The van der Waals surface area contributed by atoms with Gasteiger partial charge in [-0.25, -0.2) is 4.79 Å². The Hall–Kier alpha value is -1.24. The number of aromatic nitrogens is 3. The molecule has 1 heterocycles. The van der Waals surface area contributed by atoms with Gasteiger partial charge >= 0.3 is 5.69 Å². The highest BCUT2D eigenvalue weighted by molar-refractivity contribution is 9.10. The molecule has 1 aromatic rings. The lowest BCUT2D eigenvalue weighted by molar-refractivity contribution is 0.0909. The molecule has 0 atom stereocenters. The molecule has 6 nitrogen and oxygen atoms in total. The van der Waals surface area contributed by atoms with E-state index in [0.29, 0.717) is 4.68 Å². The van der Waals surface area contributed by atoms with E-state index in [1.807, 2.05) is 0 Å². The molecule has 0 aliphatic heterocycles. The van der Waals surface area contributed by atoms with Gasteiger partial charge in [-0.3, -0.25) is 14.2 Å². The van der Waals surface area contributed by atoms with Crippen molar-refractivity contribution in [1.29, 1.82) is 0 Å². The Labute approximate surface area is 80.9 Å². The molecule has 0 amide bonds. The van der Waals surface area contributed by atoms with Crippen molar-refractivity contribution in [3.05, 3.63) is 25.4 Å². The van der Waals surface area contributed by atoms with Gasteiger partial charge in [-0.15, -0.1) is 9.78 Å². The van der Waals surface area contributed by atoms with Crippen LogP contribution in [0.3, 0.4) is 0 Å². The number of carbonyl (C=O) groups excluding carboxylic acids is 1. The highest BCUT2D eigenvalue weighted by Crippen LogP contribution is 1.92. The van der Waals surface area contributed by atoms with Gasteiger partial charge < -0.3 is 0 Å². The van der Waals surface area contributed by atoms with Gasteiger partial charge in [0.05, 0.1) is 0 Å². The van der Waals surface area contributed by atoms with Gasteiger partial charge in [-0.05, 0) is 15.9 Å². The number of rotatable bonds is 0. The fourth-order valence-corrected chi connectivity index (χ4v) is 1.17. The molecule has 7 heteroatoms. The van der Waals surface area contributed by atoms with E-state index in [1.165, 1.54) is 14.0 Å². The third-order valence-corrected chi connectivity index (χ3v) is 1.93. The zero-order valence-corrected chi connectivity index (χ0v) is 8.53. The summed E-state index contributed by atoms with van der Waals surface area (Å²) in [5.74, 6) is -0.540. The van der Waals surface area contributed by atoms with E-state index < -0.39 is 17.2 Å². The Morgan fingerprint density at radius 2 is 2.00 bits per heavy atom. The fourth-order valence-electron chi connectivity index (χ4n) is 0.746. The zero-order valence-electron chi connectivity index (χ0n) is 6.94. The average molecular weight is 248 g/mol. The third-order valence-electron chi connectivity index (χ3n) is 1.44. The van der Waals surface area contributed by atoms with E-state index in [9.17, 15) is 14.4 Å². The van der Waals surface area contributed by atoms with Gasteiger partial charge in [-0.2, -0.15) is 0 Å². The van der Waals surface area contributed by atoms with Gasteiger partial charge in [-0.1, -0.05) is 0 Å². The van der Waals surface area contributed by atoms with E-state index in [-0.39, 0.29) is 4.60 Å². The summed E-state index contributed by atoms with van der Waals surface area (Å²) < 4.78 is 1.36. The molecule has 70 valence electrons. The Kier molecular flexibility index (Phi) is 2.46. The van der Waals surface area contributed by atoms with Crippen LogP contribution < -0.4 is 11.2 Å². The summed E-state index contributed by atoms with van der Waals surface area (Å²) in [6.07, 6.45) is 0. The second kappa shape index (κ2) is 3.25. The molecule has 0 fully saturated rings. The van der Waals surface area contributed by atoms with Gasteiger partial charge in [0.25, 0.3) is 5.56 Å². The number of hydrogen-bond donors (Lipinski definition) is 0. The maximum atomic E-state index is 11.2. The molecule has 13 heavy (non-hydrogen) atoms. The SMILES string of the molecule is CC(=O)n1nc(Br)c(=O)n(C)c1=O. The van der Waals surface area contributed by atoms with Crippen LogP contribution in [0.25, 0.3) is 0 Å². The van der Waals surface area contributed by atoms with Crippen LogP contribution in [-0.2, 0) is 7.05 Å². The van der Waals surface area contributed by atoms with Crippen molar-refractivity contribution in [2.75, 3.05) is 0 Å². The Morgan fingerprint density at radius 1 is 1.46 bits per heavy atom. The van der Waals surface area contributed by atoms with E-state index in [2.05, 4.69) is 21.0 Å². The van der Waals surface area contributed by atoms with Crippen molar-refractivity contribution in [2.45, 2.75) is 6.92 Å². The van der Waals surface area contributed by atoms with Gasteiger partial charge in [0.2, 0.25) is 5.91 Å². The second-order valence-electron chi connectivity index (χ2n) is 2.37. The van der Waals surface area contributed by atoms with Crippen LogP contribution >= 0.6 is 15.9 Å². The maximum absolute atomic E-state index is 11.2. The second-order valence-corrected chi connectivity index (χ2v) is 3.12. The fraction of sp³-hybridized carbons (Fsp3) is 0.333. The predicted octanol–water partition coefficient (Wildman–Crippen LogP) is -0.635. The standard InChI is InChI=1S/C6H6BrN3O3/c1-3(11)10-6(13)9(2)5(12)4(7)8-10/h1-2H3. The lowest BCUT2D eigenvalue weighted by atomic mass is 10.7. The molecule has 1 rings (SSSR count). The normalized spacial score (nSPS) is 10.1. The monoisotopic (exact) mass is 247 g/mol. The van der Waals surface area contributed by atoms with Crippen molar-refractivity contribution in [3.8, 4) is 0 Å². The minimum Gasteiger partial charge on any atom is -0.273 e. The van der Waals surface area contributed by atoms with Crippen LogP contribution in [-0.4, -0.2) is 20.3 Å². The minimum atomic E-state index is -0.749. The summed E-state index contributed by atoms with van der Waals surface area (Å²) in [7, 11) is 1.27. The minimum absolute atomic E-state index is 0.0650. The highest BCUT2D eigenvalue weighted by atomic mass is 79.9. The summed E-state index contributed by atoms with van der Waals surface area (Å²) in [4.78, 5) is 33.1. The van der Waals surface area contributed by atoms with Crippen LogP contribution in [0.2, 0.25) is 0 Å². The Morgan fingerprint density at radius 3 is 2.46 bits per heavy atom. The summed E-state index contributed by atoms with van der Waals surface area (Å²) in [5, 5.41) is 3.47. The summed E-state index contributed by atoms with van der Waals surface area (Å²) in [5.41, 5.74) is -1.32. The van der Waals surface area contributed by atoms with E-state index >= 15 is 0 Å². The molecule has 0 N–H and O–H groups in total. The van der Waals surface area contributed by atoms with Gasteiger partial charge in [0.15, 0.2) is 4.60 Å². The number of nitrogens with zero attached hydrogens (tertiary/aromatic N) is 3. The molecule has 0 radical (unpaired) electrons. The average Bonchev–Trinajstić information content (AvgIpc) is 2.07. The third kappa shape index (κ3) is 1.59. The first-order valence-electron chi connectivity index (χ1n) is 3.32. The lowest BCUT2D eigenvalue weighted by Crippen LogP contribution is -2.42. The van der Waals surface area contributed by atoms with Crippen LogP contribution in [0, 0.1) is 0 Å². The van der Waals surface area contributed by atoms with Gasteiger partial charge in [0.1, 0.15) is 0 Å². The molecular weight excluding hydrogens is 242 g/mol. The maximum Gasteiger partial charge on any atom is 0.354 e. The summed E-state index contributed by atoms with van der Waals surface area (Å²) in [6.45, 7) is 1.19. The quantitative estimate of drug-likeness (QED) is 0.612. The summed E-state index contributed by atoms with van der Waals surface area (Å²) in [6, 6.07) is 0. The molecule has 0 saturated heterocycles. The van der Waals surface area contributed by atoms with Gasteiger partial charge in [0, 0.05) is 14.0 Å². The van der Waals surface area contributed by atoms with E-state index in [1.54, 1.807) is 0 Å². The van der Waals surface area contributed by atoms with Crippen LogP contribution in [0.5, 0.6) is 0 Å². The van der Waals surface area contributed by atoms with Crippen molar-refractivity contribution in [3.63, 3.8) is 0 Å². The van der Waals surface area contributed by atoms with Crippen LogP contribution in [0.15, 0.2) is 14.2 Å². The first kappa shape index (κ1) is 9.85.